The van der Waals surface area contributed by atoms with Gasteiger partial charge in [0.25, 0.3) is 11.8 Å². The Labute approximate surface area is 169 Å². The number of benzene rings is 1. The Balaban J connectivity index is 1.59. The number of carbonyl (C=O) groups excluding carboxylic acids is 2. The summed E-state index contributed by atoms with van der Waals surface area (Å²) in [6.07, 6.45) is 2.01. The van der Waals surface area contributed by atoms with Crippen molar-refractivity contribution in [3.8, 4) is 17.2 Å². The highest BCUT2D eigenvalue weighted by atomic mass is 35.5. The van der Waals surface area contributed by atoms with Gasteiger partial charge in [0.15, 0.2) is 5.75 Å². The van der Waals surface area contributed by atoms with E-state index in [0.717, 1.165) is 16.9 Å². The molecule has 0 fully saturated rings. The van der Waals surface area contributed by atoms with Crippen molar-refractivity contribution >= 4 is 34.8 Å². The van der Waals surface area contributed by atoms with Gasteiger partial charge in [-0.25, -0.2) is 0 Å². The van der Waals surface area contributed by atoms with Gasteiger partial charge < -0.3 is 20.9 Å². The van der Waals surface area contributed by atoms with Crippen molar-refractivity contribution in [2.24, 2.45) is 5.73 Å². The molecule has 2 heterocycles. The summed E-state index contributed by atoms with van der Waals surface area (Å²) in [5, 5.41) is 14.0. The van der Waals surface area contributed by atoms with Crippen LogP contribution >= 0.6 is 22.9 Å². The van der Waals surface area contributed by atoms with Crippen LogP contribution in [0.3, 0.4) is 0 Å². The monoisotopic (exact) mass is 417 g/mol. The van der Waals surface area contributed by atoms with E-state index in [-0.39, 0.29) is 27.3 Å². The lowest BCUT2D eigenvalue weighted by Gasteiger charge is -2.09. The van der Waals surface area contributed by atoms with Crippen LogP contribution in [0.15, 0.2) is 48.0 Å². The molecule has 2 aromatic heterocycles. The molecule has 3 aromatic rings. The predicted octanol–water partition coefficient (Wildman–Crippen LogP) is 3.37. The second-order valence-corrected chi connectivity index (χ2v) is 7.25. The molecule has 0 atom stereocenters. The molecular formula is C19H16ClN3O4S. The SMILES string of the molecule is NC(=O)c1cc(Oc2cccc(CCNC(=O)c3csc(Cl)c3O)c2)ccn1. The van der Waals surface area contributed by atoms with Gasteiger partial charge in [-0.1, -0.05) is 23.7 Å². The molecule has 1 aromatic carbocycles. The van der Waals surface area contributed by atoms with Gasteiger partial charge >= 0.3 is 0 Å². The molecule has 7 nitrogen and oxygen atoms in total. The van der Waals surface area contributed by atoms with E-state index in [1.807, 2.05) is 18.2 Å². The molecule has 2 amide bonds. The third-order valence-corrected chi connectivity index (χ3v) is 4.98. The second kappa shape index (κ2) is 8.73. The molecule has 3 rings (SSSR count). The van der Waals surface area contributed by atoms with Crippen molar-refractivity contribution in [1.29, 1.82) is 0 Å². The molecule has 4 N–H and O–H groups in total. The number of carbonyl (C=O) groups is 2. The molecule has 0 bridgehead atoms. The topological polar surface area (TPSA) is 115 Å². The normalized spacial score (nSPS) is 10.5. The van der Waals surface area contributed by atoms with E-state index in [9.17, 15) is 14.7 Å². The Morgan fingerprint density at radius 2 is 2.04 bits per heavy atom. The first kappa shape index (κ1) is 19.7. The fraction of sp³-hybridized carbons (Fsp3) is 0.105. The van der Waals surface area contributed by atoms with Crippen molar-refractivity contribution in [2.45, 2.75) is 6.42 Å². The van der Waals surface area contributed by atoms with Gasteiger partial charge in [0.1, 0.15) is 21.5 Å². The first-order chi connectivity index (χ1) is 13.4. The molecular weight excluding hydrogens is 402 g/mol. The summed E-state index contributed by atoms with van der Waals surface area (Å²) in [6.45, 7) is 0.371. The Bertz CT molecular complexity index is 1020. The van der Waals surface area contributed by atoms with Crippen LogP contribution in [0.4, 0.5) is 0 Å². The first-order valence-corrected chi connectivity index (χ1v) is 9.46. The second-order valence-electron chi connectivity index (χ2n) is 5.77. The number of aromatic hydroxyl groups is 1. The number of pyridine rings is 1. The van der Waals surface area contributed by atoms with Crippen LogP contribution in [0, 0.1) is 0 Å². The van der Waals surface area contributed by atoms with E-state index in [2.05, 4.69) is 10.3 Å². The van der Waals surface area contributed by atoms with Crippen LogP contribution in [0.25, 0.3) is 0 Å². The number of nitrogens with two attached hydrogens (primary N) is 1. The van der Waals surface area contributed by atoms with Gasteiger partial charge in [-0.2, -0.15) is 0 Å². The number of nitrogens with one attached hydrogen (secondary N) is 1. The molecule has 0 spiro atoms. The van der Waals surface area contributed by atoms with Crippen molar-refractivity contribution in [3.63, 3.8) is 0 Å². The highest BCUT2D eigenvalue weighted by molar-refractivity contribution is 7.15. The highest BCUT2D eigenvalue weighted by Gasteiger charge is 2.15. The van der Waals surface area contributed by atoms with Gasteiger partial charge in [-0.3, -0.25) is 14.6 Å². The third kappa shape index (κ3) is 4.79. The maximum absolute atomic E-state index is 12.1. The summed E-state index contributed by atoms with van der Waals surface area (Å²) in [5.41, 5.74) is 6.44. The van der Waals surface area contributed by atoms with Crippen LogP contribution in [-0.4, -0.2) is 28.4 Å². The molecule has 9 heteroatoms. The van der Waals surface area contributed by atoms with Crippen molar-refractivity contribution in [1.82, 2.24) is 10.3 Å². The van der Waals surface area contributed by atoms with Crippen LogP contribution in [0.2, 0.25) is 4.34 Å². The molecule has 0 aliphatic rings. The number of nitrogens with zero attached hydrogens (tertiary/aromatic N) is 1. The van der Waals surface area contributed by atoms with Crippen molar-refractivity contribution < 1.29 is 19.4 Å². The Hall–Kier alpha value is -3.10. The standard InChI is InChI=1S/C19H16ClN3O4S/c20-17-16(24)14(10-28-17)19(26)23-6-4-11-2-1-3-12(8-11)27-13-5-7-22-15(9-13)18(21)25/h1-3,5,7-10,24H,4,6H2,(H2,21,25)(H,23,26). The number of amides is 2. The fourth-order valence-electron chi connectivity index (χ4n) is 2.41. The summed E-state index contributed by atoms with van der Waals surface area (Å²) in [5.74, 6) is -0.198. The maximum Gasteiger partial charge on any atom is 0.267 e. The van der Waals surface area contributed by atoms with Gasteiger partial charge in [0, 0.05) is 24.2 Å². The third-order valence-electron chi connectivity index (χ3n) is 3.78. The number of hydrogen-bond donors (Lipinski definition) is 3. The van der Waals surface area contributed by atoms with Gasteiger partial charge in [0.2, 0.25) is 0 Å². The molecule has 0 aliphatic carbocycles. The maximum atomic E-state index is 12.1. The average molecular weight is 418 g/mol. The van der Waals surface area contributed by atoms with Crippen molar-refractivity contribution in [2.75, 3.05) is 6.54 Å². The summed E-state index contributed by atoms with van der Waals surface area (Å²) in [7, 11) is 0. The zero-order chi connectivity index (χ0) is 20.1. The van der Waals surface area contributed by atoms with Crippen molar-refractivity contribution in [3.05, 3.63) is 69.1 Å². The number of thiophene rings is 1. The minimum absolute atomic E-state index is 0.119. The van der Waals surface area contributed by atoms with Crippen LogP contribution in [0.5, 0.6) is 17.2 Å². The zero-order valence-electron chi connectivity index (χ0n) is 14.5. The lowest BCUT2D eigenvalue weighted by Crippen LogP contribution is -2.25. The Morgan fingerprint density at radius 1 is 1.25 bits per heavy atom. The predicted molar refractivity (Wildman–Crippen MR) is 106 cm³/mol. The molecule has 144 valence electrons. The van der Waals surface area contributed by atoms with Gasteiger partial charge in [-0.05, 0) is 30.2 Å². The van der Waals surface area contributed by atoms with E-state index >= 15 is 0 Å². The number of aromatic nitrogens is 1. The zero-order valence-corrected chi connectivity index (χ0v) is 16.1. The van der Waals surface area contributed by atoms with Crippen LogP contribution in [-0.2, 0) is 6.42 Å². The highest BCUT2D eigenvalue weighted by Crippen LogP contribution is 2.33. The molecule has 28 heavy (non-hydrogen) atoms. The molecule has 0 saturated carbocycles. The average Bonchev–Trinajstić information content (AvgIpc) is 3.01. The fourth-order valence-corrected chi connectivity index (χ4v) is 3.31. The smallest absolute Gasteiger partial charge is 0.267 e. The van der Waals surface area contributed by atoms with Gasteiger partial charge in [0.05, 0.1) is 5.56 Å². The Morgan fingerprint density at radius 3 is 2.75 bits per heavy atom. The lowest BCUT2D eigenvalue weighted by molar-refractivity contribution is 0.0950. The molecule has 0 aliphatic heterocycles. The Kier molecular flexibility index (Phi) is 6.13. The van der Waals surface area contributed by atoms with E-state index in [0.29, 0.717) is 24.5 Å². The van der Waals surface area contributed by atoms with Crippen LogP contribution in [0.1, 0.15) is 26.4 Å². The van der Waals surface area contributed by atoms with E-state index < -0.39 is 5.91 Å². The van der Waals surface area contributed by atoms with E-state index in [4.69, 9.17) is 22.1 Å². The number of primary amides is 1. The lowest BCUT2D eigenvalue weighted by atomic mass is 10.1. The largest absolute Gasteiger partial charge is 0.505 e. The summed E-state index contributed by atoms with van der Waals surface area (Å²) in [6, 6.07) is 10.4. The summed E-state index contributed by atoms with van der Waals surface area (Å²) >= 11 is 6.86. The van der Waals surface area contributed by atoms with Crippen LogP contribution < -0.4 is 15.8 Å². The van der Waals surface area contributed by atoms with E-state index in [1.165, 1.54) is 17.6 Å². The minimum Gasteiger partial charge on any atom is -0.505 e. The molecule has 0 radical (unpaired) electrons. The number of rotatable bonds is 7. The molecule has 0 saturated heterocycles. The van der Waals surface area contributed by atoms with Gasteiger partial charge in [-0.15, -0.1) is 11.3 Å². The quantitative estimate of drug-likeness (QED) is 0.545. The van der Waals surface area contributed by atoms with E-state index in [1.54, 1.807) is 12.1 Å². The number of ether oxygens (including phenoxy) is 1. The number of halogens is 1. The minimum atomic E-state index is -0.632. The summed E-state index contributed by atoms with van der Waals surface area (Å²) < 4.78 is 5.93. The molecule has 0 unspecified atom stereocenters. The number of hydrogen-bond acceptors (Lipinski definition) is 6. The first-order valence-electron chi connectivity index (χ1n) is 8.21. The summed E-state index contributed by atoms with van der Waals surface area (Å²) in [4.78, 5) is 27.1.